The summed E-state index contributed by atoms with van der Waals surface area (Å²) in [5, 5.41) is 22.5. The van der Waals surface area contributed by atoms with E-state index in [9.17, 15) is 44.4 Å². The summed E-state index contributed by atoms with van der Waals surface area (Å²) in [6, 6.07) is 32.7. The van der Waals surface area contributed by atoms with Gasteiger partial charge in [-0.25, -0.2) is 71.5 Å². The molecule has 0 bridgehead atoms. The molecule has 0 amide bonds. The zero-order valence-electron chi connectivity index (χ0n) is 71.3. The summed E-state index contributed by atoms with van der Waals surface area (Å²) in [6.45, 7) is 16.4. The zero-order valence-corrected chi connectivity index (χ0v) is 75.8. The topological polar surface area (TPSA) is 383 Å². The van der Waals surface area contributed by atoms with Gasteiger partial charge >= 0.3 is 41.5 Å². The van der Waals surface area contributed by atoms with Gasteiger partial charge < -0.3 is 43.3 Å². The predicted molar refractivity (Wildman–Crippen MR) is 465 cm³/mol. The van der Waals surface area contributed by atoms with Crippen molar-refractivity contribution in [2.75, 3.05) is 59.3 Å². The van der Waals surface area contributed by atoms with Gasteiger partial charge in [-0.1, -0.05) is 54.6 Å². The molecule has 649 valence electrons. The molecule has 123 heavy (non-hydrogen) atoms. The Labute approximate surface area is 741 Å². The molecule has 0 unspecified atom stereocenters. The minimum atomic E-state index is -3.81. The Bertz CT molecular complexity index is 5550. The maximum atomic E-state index is 13.5. The quantitative estimate of drug-likeness (QED) is 0.0207. The first-order valence-corrected chi connectivity index (χ1v) is 45.1. The van der Waals surface area contributed by atoms with Crippen LogP contribution in [0.1, 0.15) is 153 Å². The van der Waals surface area contributed by atoms with E-state index in [4.69, 9.17) is 29.9 Å². The number of hydrogen-bond acceptors (Lipinski definition) is 25. The molecule has 31 nitrogen and oxygen atoms in total. The molecule has 3 radical (unpaired) electrons. The minimum Gasteiger partial charge on any atom is -0.793 e. The molecule has 0 atom stereocenters. The van der Waals surface area contributed by atoms with Crippen LogP contribution in [0.25, 0.3) is 66.5 Å². The summed E-state index contributed by atoms with van der Waals surface area (Å²) in [4.78, 5) is 63.1. The summed E-state index contributed by atoms with van der Waals surface area (Å²) in [6.07, 6.45) is 32.9. The number of fused-ring (bicyclic) bond motifs is 3. The number of benzene rings is 3. The maximum absolute atomic E-state index is 13.5. The van der Waals surface area contributed by atoms with E-state index in [0.29, 0.717) is 72.6 Å². The fraction of sp³-hybridized carbons (Fsp3) is 0.402. The van der Waals surface area contributed by atoms with Crippen LogP contribution in [-0.2, 0) is 99.0 Å². The second-order valence-corrected chi connectivity index (χ2v) is 35.0. The largest absolute Gasteiger partial charge is 1.00 e. The van der Waals surface area contributed by atoms with E-state index in [-0.39, 0.29) is 50.2 Å². The first-order chi connectivity index (χ1) is 58.7. The van der Waals surface area contributed by atoms with Crippen LogP contribution in [0, 0.1) is 0 Å². The number of Topliss-reactive ketones (excluding diaryl/α,β-unsaturated/α-hetero) is 1. The molecule has 9 heterocycles. The minimum absolute atomic E-state index is 0. The van der Waals surface area contributed by atoms with Crippen LogP contribution in [0.15, 0.2) is 198 Å². The summed E-state index contributed by atoms with van der Waals surface area (Å²) < 4.78 is 109. The Hall–Kier alpha value is -9.89. The van der Waals surface area contributed by atoms with Gasteiger partial charge in [0.25, 0.3) is 30.1 Å². The van der Waals surface area contributed by atoms with E-state index in [1.54, 1.807) is 136 Å². The molecule has 9 aromatic heterocycles. The van der Waals surface area contributed by atoms with Crippen molar-refractivity contribution < 1.29 is 103 Å². The van der Waals surface area contributed by atoms with Crippen LogP contribution in [0.4, 0.5) is 0 Å². The predicted octanol–water partition coefficient (Wildman–Crippen LogP) is 9.20. The fourth-order valence-corrected chi connectivity index (χ4v) is 18.9. The van der Waals surface area contributed by atoms with E-state index in [1.807, 2.05) is 91.1 Å². The summed E-state index contributed by atoms with van der Waals surface area (Å²) >= 11 is 0. The van der Waals surface area contributed by atoms with E-state index in [2.05, 4.69) is 65.5 Å². The number of aryl methyl sites for hydroxylation is 3. The molecule has 0 spiro atoms. The van der Waals surface area contributed by atoms with Gasteiger partial charge in [-0.15, -0.1) is 0 Å². The number of hydrogen-bond donors (Lipinski definition) is 3. The smallest absolute Gasteiger partial charge is 0.793 e. The molecule has 36 heteroatoms. The Balaban J connectivity index is 0.000000188. The van der Waals surface area contributed by atoms with Crippen molar-refractivity contribution in [3.8, 4) is 33.4 Å². The molecule has 3 saturated carbocycles. The van der Waals surface area contributed by atoms with Gasteiger partial charge in [0.2, 0.25) is 5.97 Å². The van der Waals surface area contributed by atoms with E-state index in [0.717, 1.165) is 190 Å². The Morgan fingerprint density at radius 1 is 0.439 bits per heavy atom. The fourth-order valence-electron chi connectivity index (χ4n) is 14.8. The molecule has 12 aromatic rings. The maximum Gasteiger partial charge on any atom is 1.00 e. The molecule has 15 rings (SSSR count). The van der Waals surface area contributed by atoms with Gasteiger partial charge in [0.05, 0.1) is 53.1 Å². The average Bonchev–Trinajstić information content (AvgIpc) is 1.60. The summed E-state index contributed by atoms with van der Waals surface area (Å²) in [5.41, 5.74) is 14.7. The molecule has 3 aliphatic rings. The molecule has 3 fully saturated rings. The van der Waals surface area contributed by atoms with Gasteiger partial charge in [-0.05, 0) is 174 Å². The van der Waals surface area contributed by atoms with Crippen molar-refractivity contribution in [3.63, 3.8) is 0 Å². The molecular formula is C87H108BN15NaO16S3. The van der Waals surface area contributed by atoms with Crippen molar-refractivity contribution in [1.29, 1.82) is 0 Å². The third-order valence-electron chi connectivity index (χ3n) is 20.9. The van der Waals surface area contributed by atoms with Gasteiger partial charge in [-0.3, -0.25) is 23.6 Å². The third kappa shape index (κ3) is 26.1. The Kier molecular flexibility index (Phi) is 36.8. The number of ketones is 1. The molecule has 4 N–H and O–H groups in total. The number of pyridine rings is 3. The number of nitrogens with two attached hydrogens (primary N) is 1. The van der Waals surface area contributed by atoms with Gasteiger partial charge in [0, 0.05) is 212 Å². The number of rotatable bonds is 25. The molecule has 3 aromatic carbocycles. The Morgan fingerprint density at radius 2 is 0.732 bits per heavy atom. The van der Waals surface area contributed by atoms with Crippen LogP contribution >= 0.6 is 0 Å². The third-order valence-corrected chi connectivity index (χ3v) is 25.9. The summed E-state index contributed by atoms with van der Waals surface area (Å²) in [5.74, 6) is -0.373. The molecule has 0 saturated heterocycles. The number of aromatic nitrogens is 12. The molecular weight excluding hydrogens is 1640 g/mol. The van der Waals surface area contributed by atoms with E-state index >= 15 is 0 Å². The molecule has 0 aliphatic heterocycles. The van der Waals surface area contributed by atoms with Gasteiger partial charge in [0.15, 0.2) is 16.9 Å². The van der Waals surface area contributed by atoms with Crippen LogP contribution in [0.5, 0.6) is 0 Å². The summed E-state index contributed by atoms with van der Waals surface area (Å²) in [7, 11) is -1.54. The average molecular weight is 1750 g/mol. The normalized spacial score (nSPS) is 16.0. The van der Waals surface area contributed by atoms with Crippen molar-refractivity contribution in [2.45, 2.75) is 163 Å². The van der Waals surface area contributed by atoms with Crippen LogP contribution in [-0.4, -0.2) is 185 Å². The number of ether oxygens (including phenoxy) is 3. The first kappa shape index (κ1) is 96.9. The second-order valence-electron chi connectivity index (χ2n) is 29.6. The second kappa shape index (κ2) is 46.7. The van der Waals surface area contributed by atoms with E-state index in [1.165, 1.54) is 18.8 Å². The van der Waals surface area contributed by atoms with Crippen LogP contribution in [0.3, 0.4) is 0 Å². The number of nitrogens with zero attached hydrogens (tertiary/aromatic N) is 12. The monoisotopic (exact) mass is 1750 g/mol. The van der Waals surface area contributed by atoms with Crippen molar-refractivity contribution >= 4 is 94.9 Å². The number of nitrogens with one attached hydrogen (secondary N) is 2. The Morgan fingerprint density at radius 3 is 0.984 bits per heavy atom. The number of carbonyl (C=O) groups is 4. The first-order valence-electron chi connectivity index (χ1n) is 40.8. The molecule has 3 aliphatic carbocycles. The van der Waals surface area contributed by atoms with Crippen LogP contribution < -0.4 is 45.9 Å². The van der Waals surface area contributed by atoms with Crippen molar-refractivity contribution in [1.82, 2.24) is 66.8 Å². The van der Waals surface area contributed by atoms with E-state index < -0.39 is 48.0 Å². The van der Waals surface area contributed by atoms with Gasteiger partial charge in [0.1, 0.15) is 5.78 Å². The van der Waals surface area contributed by atoms with Crippen molar-refractivity contribution in [3.05, 3.63) is 200 Å². The van der Waals surface area contributed by atoms with Gasteiger partial charge in [-0.2, -0.15) is 15.3 Å². The van der Waals surface area contributed by atoms with Crippen molar-refractivity contribution in [2.24, 2.45) is 26.9 Å². The zero-order chi connectivity index (χ0) is 87.5. The SMILES string of the molecule is CC(=O)OOC(C)=O.CCOCCN.CCOCCNC1CCC(c2cnc3c(c2)c(-c2cnn(C)c2)cn3S(=O)(=O)c2ccccc2)CC1.CCOCCNC1CCC(c2cnc3c(c2)c(-c2cnn(C)c2)cn3S(=O)(=O)c2ccccc2)CC1.Cn1cc(-c2cn(S(=O)(=O)c3ccccc3)c3ncc(C4CCC(=O)CC4)cc23)cn1.[B-]OC(C)=O.[Na+]. The van der Waals surface area contributed by atoms with Crippen LogP contribution in [0.2, 0.25) is 0 Å². The number of carbonyl (C=O) groups excluding carboxylic acids is 4. The standard InChI is InChI=1S/2C27H33N5O3S.C23H22N4O3S.C4H11NO.C4H6O4.C2H3BO2.Na/c2*1-3-35-14-13-28-23-11-9-20(10-12-23)21-15-25-26(22-17-30-31(2)18-22)19-32(27(25)29-16-21)36(33,34)24-7-5-4-6-8-24;1-26-14-18(13-25-26)22-15-27(31(29,30)20-5-3-2-4-6-20)23-21(22)11-17(12-24-23)16-7-9-19(28)10-8-16;1-2-6-4-3-5;1-3(5)7-8-4(2)6;1-2(4)5-3;/h2*4-8,15-20,23,28H,3,9-14H2,1-2H3;2-6,11-16H,7-10H2,1H3;2-5H2,1H3;1-2H3;1H3;/q;;;;;-1;+1.